The molecule has 5 heteroatoms. The third kappa shape index (κ3) is 2.61. The Balaban J connectivity index is 1.46. The summed E-state index contributed by atoms with van der Waals surface area (Å²) in [7, 11) is 2.23. The van der Waals surface area contributed by atoms with Crippen molar-refractivity contribution in [2.45, 2.75) is 51.1 Å². The first-order valence-electron chi connectivity index (χ1n) is 9.64. The molecule has 0 saturated heterocycles. The molecule has 2 aliphatic rings. The number of hydrogen-bond donors (Lipinski definition) is 2. The van der Waals surface area contributed by atoms with E-state index in [4.69, 9.17) is 4.98 Å². The van der Waals surface area contributed by atoms with E-state index in [0.29, 0.717) is 6.04 Å². The van der Waals surface area contributed by atoms with Crippen LogP contribution in [0.3, 0.4) is 0 Å². The molecule has 0 fully saturated rings. The number of aromatic amines is 1. The maximum absolute atomic E-state index is 12.7. The molecule has 2 aromatic heterocycles. The number of aromatic nitrogens is 2. The summed E-state index contributed by atoms with van der Waals surface area (Å²) >= 11 is 1.73. The Morgan fingerprint density at radius 3 is 3.04 bits per heavy atom. The number of thiophene rings is 1. The van der Waals surface area contributed by atoms with Gasteiger partial charge in [-0.2, -0.15) is 0 Å². The van der Waals surface area contributed by atoms with Gasteiger partial charge in [-0.1, -0.05) is 24.3 Å². The zero-order valence-corrected chi connectivity index (χ0v) is 15.9. The van der Waals surface area contributed by atoms with Gasteiger partial charge in [0.1, 0.15) is 17.4 Å². The zero-order valence-electron chi connectivity index (χ0n) is 15.1. The van der Waals surface area contributed by atoms with Crippen molar-refractivity contribution in [1.82, 2.24) is 9.97 Å². The summed E-state index contributed by atoms with van der Waals surface area (Å²) in [6, 6.07) is 9.29. The lowest BCUT2D eigenvalue weighted by molar-refractivity contribution is -0.927. The van der Waals surface area contributed by atoms with Crippen LogP contribution in [0, 0.1) is 0 Å². The van der Waals surface area contributed by atoms with E-state index in [2.05, 4.69) is 36.3 Å². The van der Waals surface area contributed by atoms with Gasteiger partial charge in [-0.15, -0.1) is 11.3 Å². The van der Waals surface area contributed by atoms with Gasteiger partial charge >= 0.3 is 0 Å². The lowest BCUT2D eigenvalue weighted by Gasteiger charge is -2.30. The first-order valence-corrected chi connectivity index (χ1v) is 10.5. The van der Waals surface area contributed by atoms with Crippen LogP contribution in [-0.2, 0) is 25.8 Å². The van der Waals surface area contributed by atoms with E-state index in [1.54, 1.807) is 11.3 Å². The van der Waals surface area contributed by atoms with E-state index in [-0.39, 0.29) is 5.56 Å². The number of quaternary nitrogens is 1. The molecule has 3 aromatic rings. The van der Waals surface area contributed by atoms with Gasteiger partial charge in [-0.25, -0.2) is 4.98 Å². The molecule has 0 radical (unpaired) electrons. The molecular weight excluding hydrogens is 342 g/mol. The maximum Gasteiger partial charge on any atom is 0.260 e. The molecule has 1 aromatic carbocycles. The minimum atomic E-state index is 0.0567. The highest BCUT2D eigenvalue weighted by Crippen LogP contribution is 2.34. The van der Waals surface area contributed by atoms with Crippen LogP contribution in [0.15, 0.2) is 29.1 Å². The van der Waals surface area contributed by atoms with E-state index in [9.17, 15) is 4.79 Å². The SMILES string of the molecule is C[NH+](Cc1nc2sc3c(c2c(=O)[nH]1)CCC3)[C@H]1CCCc2ccccc21. The normalized spacial score (nSPS) is 20.1. The van der Waals surface area contributed by atoms with Crippen LogP contribution in [0.4, 0.5) is 0 Å². The quantitative estimate of drug-likeness (QED) is 0.749. The molecule has 2 atom stereocenters. The summed E-state index contributed by atoms with van der Waals surface area (Å²) in [6.07, 6.45) is 6.93. The third-order valence-electron chi connectivity index (χ3n) is 6.03. The molecule has 0 amide bonds. The van der Waals surface area contributed by atoms with E-state index in [1.807, 2.05) is 0 Å². The molecule has 2 heterocycles. The van der Waals surface area contributed by atoms with Crippen LogP contribution < -0.4 is 10.5 Å². The third-order valence-corrected chi connectivity index (χ3v) is 7.22. The summed E-state index contributed by atoms with van der Waals surface area (Å²) in [6.45, 7) is 0.757. The van der Waals surface area contributed by atoms with Gasteiger partial charge in [0.2, 0.25) is 0 Å². The van der Waals surface area contributed by atoms with Crippen LogP contribution in [-0.4, -0.2) is 17.0 Å². The van der Waals surface area contributed by atoms with E-state index < -0.39 is 0 Å². The van der Waals surface area contributed by atoms with E-state index in [0.717, 1.165) is 35.4 Å². The summed E-state index contributed by atoms with van der Waals surface area (Å²) in [5.74, 6) is 0.822. The molecule has 134 valence electrons. The molecule has 2 N–H and O–H groups in total. The molecular formula is C21H24N3OS+. The van der Waals surface area contributed by atoms with Crippen molar-refractivity contribution >= 4 is 21.6 Å². The number of aryl methyl sites for hydroxylation is 3. The Bertz CT molecular complexity index is 1040. The van der Waals surface area contributed by atoms with Gasteiger partial charge in [0, 0.05) is 16.9 Å². The van der Waals surface area contributed by atoms with Gasteiger partial charge in [-0.3, -0.25) is 4.79 Å². The van der Waals surface area contributed by atoms with E-state index in [1.165, 1.54) is 52.2 Å². The Kier molecular flexibility index (Phi) is 3.94. The first kappa shape index (κ1) is 16.2. The number of fused-ring (bicyclic) bond motifs is 4. The van der Waals surface area contributed by atoms with Crippen molar-refractivity contribution in [3.8, 4) is 0 Å². The van der Waals surface area contributed by atoms with Crippen LogP contribution in [0.5, 0.6) is 0 Å². The lowest BCUT2D eigenvalue weighted by atomic mass is 9.87. The second kappa shape index (κ2) is 6.32. The fraction of sp³-hybridized carbons (Fsp3) is 0.429. The van der Waals surface area contributed by atoms with Gasteiger partial charge in [-0.05, 0) is 43.2 Å². The summed E-state index contributed by atoms with van der Waals surface area (Å²) in [5.41, 5.74) is 4.26. The van der Waals surface area contributed by atoms with Crippen LogP contribution in [0.2, 0.25) is 0 Å². The van der Waals surface area contributed by atoms with Crippen LogP contribution in [0.1, 0.15) is 52.7 Å². The maximum atomic E-state index is 12.7. The Morgan fingerprint density at radius 1 is 1.23 bits per heavy atom. The highest BCUT2D eigenvalue weighted by atomic mass is 32.1. The molecule has 4 nitrogen and oxygen atoms in total. The van der Waals surface area contributed by atoms with Crippen molar-refractivity contribution in [3.05, 3.63) is 62.0 Å². The van der Waals surface area contributed by atoms with Gasteiger partial charge in [0.15, 0.2) is 5.82 Å². The molecule has 1 unspecified atom stereocenters. The van der Waals surface area contributed by atoms with Crippen molar-refractivity contribution in [2.24, 2.45) is 0 Å². The van der Waals surface area contributed by atoms with Crippen molar-refractivity contribution in [1.29, 1.82) is 0 Å². The minimum Gasteiger partial charge on any atom is -0.325 e. The topological polar surface area (TPSA) is 50.2 Å². The monoisotopic (exact) mass is 366 g/mol. The first-order chi connectivity index (χ1) is 12.7. The Labute approximate surface area is 156 Å². The molecule has 0 bridgehead atoms. The molecule has 26 heavy (non-hydrogen) atoms. The smallest absolute Gasteiger partial charge is 0.260 e. The molecule has 0 aliphatic heterocycles. The van der Waals surface area contributed by atoms with Crippen molar-refractivity contribution in [3.63, 3.8) is 0 Å². The standard InChI is InChI=1S/C21H23N3OS/c1-24(16-10-4-7-13-6-2-3-8-14(13)16)12-18-22-20(25)19-15-9-5-11-17(15)26-21(19)23-18/h2-3,6,8,16H,4-5,7,9-12H2,1H3,(H,22,23,25)/p+1/t16-/m0/s1. The Morgan fingerprint density at radius 2 is 2.12 bits per heavy atom. The lowest BCUT2D eigenvalue weighted by Crippen LogP contribution is -3.08. The molecule has 0 saturated carbocycles. The second-order valence-electron chi connectivity index (χ2n) is 7.72. The second-order valence-corrected chi connectivity index (χ2v) is 8.80. The fourth-order valence-electron chi connectivity index (χ4n) is 4.78. The highest BCUT2D eigenvalue weighted by Gasteiger charge is 2.28. The molecule has 5 rings (SSSR count). The predicted octanol–water partition coefficient (Wildman–Crippen LogP) is 2.57. The summed E-state index contributed by atoms with van der Waals surface area (Å²) < 4.78 is 0. The van der Waals surface area contributed by atoms with Gasteiger partial charge in [0.25, 0.3) is 5.56 Å². The summed E-state index contributed by atoms with van der Waals surface area (Å²) in [5, 5.41) is 0.854. The number of hydrogen-bond acceptors (Lipinski definition) is 3. The molecule has 2 aliphatic carbocycles. The minimum absolute atomic E-state index is 0.0567. The van der Waals surface area contributed by atoms with Crippen LogP contribution >= 0.6 is 11.3 Å². The average molecular weight is 367 g/mol. The average Bonchev–Trinajstić information content (AvgIpc) is 3.21. The van der Waals surface area contributed by atoms with Gasteiger partial charge in [0.05, 0.1) is 12.4 Å². The number of H-pyrrole nitrogens is 1. The van der Waals surface area contributed by atoms with E-state index >= 15 is 0 Å². The van der Waals surface area contributed by atoms with Gasteiger partial charge < -0.3 is 9.88 Å². The van der Waals surface area contributed by atoms with Crippen molar-refractivity contribution in [2.75, 3.05) is 7.05 Å². The fourth-order valence-corrected chi connectivity index (χ4v) is 6.06. The Hall–Kier alpha value is -1.98. The zero-order chi connectivity index (χ0) is 17.7. The largest absolute Gasteiger partial charge is 0.325 e. The van der Waals surface area contributed by atoms with Crippen molar-refractivity contribution < 1.29 is 4.90 Å². The number of nitrogens with zero attached hydrogens (tertiary/aromatic N) is 1. The number of nitrogens with one attached hydrogen (secondary N) is 2. The number of benzene rings is 1. The molecule has 0 spiro atoms. The number of rotatable bonds is 3. The summed E-state index contributed by atoms with van der Waals surface area (Å²) in [4.78, 5) is 24.3. The van der Waals surface area contributed by atoms with Crippen LogP contribution in [0.25, 0.3) is 10.2 Å². The predicted molar refractivity (Wildman–Crippen MR) is 105 cm³/mol. The highest BCUT2D eigenvalue weighted by molar-refractivity contribution is 7.18.